The molecule has 0 fully saturated rings. The van der Waals surface area contributed by atoms with Gasteiger partial charge in [-0.1, -0.05) is 18.2 Å². The van der Waals surface area contributed by atoms with E-state index < -0.39 is 16.1 Å². The Balaban J connectivity index is 2.41. The maximum atomic E-state index is 11.9. The van der Waals surface area contributed by atoms with E-state index in [0.29, 0.717) is 5.56 Å². The van der Waals surface area contributed by atoms with E-state index in [9.17, 15) is 13.2 Å². The summed E-state index contributed by atoms with van der Waals surface area (Å²) in [6, 6.07) is 6.55. The van der Waals surface area contributed by atoms with Crippen molar-refractivity contribution in [3.8, 4) is 0 Å². The third-order valence-corrected chi connectivity index (χ3v) is 4.14. The number of benzene rings is 1. The molecule has 2 rings (SSSR count). The summed E-state index contributed by atoms with van der Waals surface area (Å²) in [5.74, 6) is 0. The average Bonchev–Trinajstić information content (AvgIpc) is 2.52. The molecular weight excluding hydrogens is 230 g/mol. The Hall–Kier alpha value is -1.56. The van der Waals surface area contributed by atoms with E-state index in [1.54, 1.807) is 25.1 Å². The van der Waals surface area contributed by atoms with Crippen molar-refractivity contribution in [2.24, 2.45) is 0 Å². The summed E-state index contributed by atoms with van der Waals surface area (Å²) in [6.07, 6.45) is -0.821. The van der Waals surface area contributed by atoms with Crippen LogP contribution in [-0.4, -0.2) is 25.4 Å². The van der Waals surface area contributed by atoms with Gasteiger partial charge in [-0.15, -0.1) is 0 Å². The SMILES string of the molecule is CCOC(=O)N1Cc2ccccc2S1(=O)=O. The van der Waals surface area contributed by atoms with Crippen molar-refractivity contribution in [3.63, 3.8) is 0 Å². The molecule has 0 unspecified atom stereocenters. The molecule has 86 valence electrons. The summed E-state index contributed by atoms with van der Waals surface area (Å²) in [7, 11) is -3.71. The molecule has 0 atom stereocenters. The summed E-state index contributed by atoms with van der Waals surface area (Å²) in [5.41, 5.74) is 0.621. The van der Waals surface area contributed by atoms with E-state index in [1.807, 2.05) is 0 Å². The zero-order chi connectivity index (χ0) is 11.8. The minimum absolute atomic E-state index is 0.0529. The minimum Gasteiger partial charge on any atom is -0.449 e. The van der Waals surface area contributed by atoms with Gasteiger partial charge in [0.15, 0.2) is 0 Å². The Morgan fingerprint density at radius 2 is 2.12 bits per heavy atom. The number of amides is 1. The van der Waals surface area contributed by atoms with Crippen molar-refractivity contribution in [2.75, 3.05) is 6.61 Å². The molecular formula is C10H11NO4S. The molecule has 0 aromatic heterocycles. The molecule has 1 amide bonds. The van der Waals surface area contributed by atoms with Crippen molar-refractivity contribution in [3.05, 3.63) is 29.8 Å². The Bertz CT molecular complexity index is 523. The second kappa shape index (κ2) is 3.79. The molecule has 0 bridgehead atoms. The molecule has 0 N–H and O–H groups in total. The van der Waals surface area contributed by atoms with Gasteiger partial charge in [0, 0.05) is 0 Å². The maximum absolute atomic E-state index is 11.9. The molecule has 5 nitrogen and oxygen atoms in total. The molecule has 6 heteroatoms. The second-order valence-corrected chi connectivity index (χ2v) is 5.15. The van der Waals surface area contributed by atoms with Crippen LogP contribution in [0.25, 0.3) is 0 Å². The zero-order valence-electron chi connectivity index (χ0n) is 8.71. The number of nitrogens with zero attached hydrogens (tertiary/aromatic N) is 1. The Kier molecular flexibility index (Phi) is 2.59. The van der Waals surface area contributed by atoms with Gasteiger partial charge in [0.05, 0.1) is 18.0 Å². The largest absolute Gasteiger partial charge is 0.449 e. The smallest absolute Gasteiger partial charge is 0.424 e. The van der Waals surface area contributed by atoms with Crippen LogP contribution in [-0.2, 0) is 21.3 Å². The monoisotopic (exact) mass is 241 g/mol. The van der Waals surface area contributed by atoms with Crippen molar-refractivity contribution < 1.29 is 17.9 Å². The number of carbonyl (C=O) groups excluding carboxylic acids is 1. The molecule has 1 aromatic carbocycles. The lowest BCUT2D eigenvalue weighted by Crippen LogP contribution is -2.31. The first-order valence-electron chi connectivity index (χ1n) is 4.84. The zero-order valence-corrected chi connectivity index (χ0v) is 9.53. The molecule has 0 spiro atoms. The highest BCUT2D eigenvalue weighted by Crippen LogP contribution is 2.30. The van der Waals surface area contributed by atoms with Crippen LogP contribution in [0.4, 0.5) is 4.79 Å². The van der Waals surface area contributed by atoms with Crippen LogP contribution >= 0.6 is 0 Å². The van der Waals surface area contributed by atoms with Gasteiger partial charge in [0.2, 0.25) is 0 Å². The van der Waals surface area contributed by atoms with Crippen molar-refractivity contribution in [1.82, 2.24) is 4.31 Å². The van der Waals surface area contributed by atoms with Crippen molar-refractivity contribution in [1.29, 1.82) is 0 Å². The third kappa shape index (κ3) is 1.55. The van der Waals surface area contributed by atoms with Gasteiger partial charge in [-0.05, 0) is 18.6 Å². The minimum atomic E-state index is -3.71. The Morgan fingerprint density at radius 1 is 1.44 bits per heavy atom. The number of ether oxygens (including phenoxy) is 1. The first-order chi connectivity index (χ1) is 7.57. The fourth-order valence-corrected chi connectivity index (χ4v) is 3.11. The first kappa shape index (κ1) is 10.9. The lowest BCUT2D eigenvalue weighted by Gasteiger charge is -2.13. The van der Waals surface area contributed by atoms with Crippen LogP contribution in [0.3, 0.4) is 0 Å². The highest BCUT2D eigenvalue weighted by atomic mass is 32.2. The lowest BCUT2D eigenvalue weighted by atomic mass is 10.2. The predicted molar refractivity (Wildman–Crippen MR) is 56.2 cm³/mol. The average molecular weight is 241 g/mol. The standard InChI is InChI=1S/C10H11NO4S/c1-2-15-10(12)11-7-8-5-3-4-6-9(8)16(11,13)14/h3-6H,2,7H2,1H3. The van der Waals surface area contributed by atoms with Crippen LogP contribution in [0.15, 0.2) is 29.2 Å². The Morgan fingerprint density at radius 3 is 2.75 bits per heavy atom. The molecule has 1 aromatic rings. The van der Waals surface area contributed by atoms with Gasteiger partial charge >= 0.3 is 6.09 Å². The van der Waals surface area contributed by atoms with E-state index in [-0.39, 0.29) is 18.0 Å². The molecule has 0 aliphatic carbocycles. The van der Waals surface area contributed by atoms with E-state index in [0.717, 1.165) is 4.31 Å². The van der Waals surface area contributed by atoms with E-state index in [2.05, 4.69) is 0 Å². The summed E-state index contributed by atoms with van der Waals surface area (Å²) >= 11 is 0. The maximum Gasteiger partial charge on any atom is 0.424 e. The molecule has 16 heavy (non-hydrogen) atoms. The highest BCUT2D eigenvalue weighted by molar-refractivity contribution is 7.90. The molecule has 0 radical (unpaired) electrons. The molecule has 0 saturated heterocycles. The van der Waals surface area contributed by atoms with E-state index in [4.69, 9.17) is 4.74 Å². The highest BCUT2D eigenvalue weighted by Gasteiger charge is 2.38. The van der Waals surface area contributed by atoms with Crippen molar-refractivity contribution >= 4 is 16.1 Å². The lowest BCUT2D eigenvalue weighted by molar-refractivity contribution is 0.131. The van der Waals surface area contributed by atoms with Gasteiger partial charge in [-0.2, -0.15) is 4.31 Å². The molecule has 0 saturated carbocycles. The fraction of sp³-hybridized carbons (Fsp3) is 0.300. The van der Waals surface area contributed by atoms with E-state index in [1.165, 1.54) is 6.07 Å². The van der Waals surface area contributed by atoms with E-state index >= 15 is 0 Å². The van der Waals surface area contributed by atoms with Gasteiger partial charge in [0.25, 0.3) is 10.0 Å². The van der Waals surface area contributed by atoms with Crippen molar-refractivity contribution in [2.45, 2.75) is 18.4 Å². The molecule has 1 heterocycles. The molecule has 1 aliphatic heterocycles. The second-order valence-electron chi connectivity index (χ2n) is 3.32. The van der Waals surface area contributed by atoms with Gasteiger partial charge in [-0.3, -0.25) is 0 Å². The number of rotatable bonds is 1. The van der Waals surface area contributed by atoms with Crippen LogP contribution in [0, 0.1) is 0 Å². The topological polar surface area (TPSA) is 63.7 Å². The van der Waals surface area contributed by atoms with Crippen LogP contribution < -0.4 is 0 Å². The number of hydrogen-bond donors (Lipinski definition) is 0. The van der Waals surface area contributed by atoms with Crippen LogP contribution in [0.2, 0.25) is 0 Å². The summed E-state index contributed by atoms with van der Waals surface area (Å²) < 4.78 is 29.3. The predicted octanol–water partition coefficient (Wildman–Crippen LogP) is 1.35. The van der Waals surface area contributed by atoms with Gasteiger partial charge in [0.1, 0.15) is 0 Å². The molecule has 1 aliphatic rings. The third-order valence-electron chi connectivity index (χ3n) is 2.33. The summed E-state index contributed by atoms with van der Waals surface area (Å²) in [5, 5.41) is 0. The quantitative estimate of drug-likeness (QED) is 0.744. The number of hydrogen-bond acceptors (Lipinski definition) is 4. The fourth-order valence-electron chi connectivity index (χ4n) is 1.60. The van der Waals surface area contributed by atoms with Gasteiger partial charge in [-0.25, -0.2) is 13.2 Å². The number of fused-ring (bicyclic) bond motifs is 1. The normalized spacial score (nSPS) is 16.9. The number of sulfonamides is 1. The summed E-state index contributed by atoms with van der Waals surface area (Å²) in [6.45, 7) is 1.84. The van der Waals surface area contributed by atoms with Crippen LogP contribution in [0.1, 0.15) is 12.5 Å². The summed E-state index contributed by atoms with van der Waals surface area (Å²) in [4.78, 5) is 11.6. The number of carbonyl (C=O) groups is 1. The van der Waals surface area contributed by atoms with Crippen LogP contribution in [0.5, 0.6) is 0 Å². The first-order valence-corrected chi connectivity index (χ1v) is 6.28. The Labute approximate surface area is 93.7 Å². The van der Waals surface area contributed by atoms with Gasteiger partial charge < -0.3 is 4.74 Å².